The molecule has 1 aromatic rings. The highest BCUT2D eigenvalue weighted by Crippen LogP contribution is 2.19. The lowest BCUT2D eigenvalue weighted by Gasteiger charge is -2.00. The first-order valence-electron chi connectivity index (χ1n) is 4.95. The van der Waals surface area contributed by atoms with Crippen molar-refractivity contribution in [3.63, 3.8) is 0 Å². The van der Waals surface area contributed by atoms with Gasteiger partial charge in [-0.15, -0.1) is 11.8 Å². The van der Waals surface area contributed by atoms with Crippen molar-refractivity contribution in [2.24, 2.45) is 7.05 Å². The maximum Gasteiger partial charge on any atom is 0.303 e. The van der Waals surface area contributed by atoms with E-state index in [1.807, 2.05) is 24.7 Å². The van der Waals surface area contributed by atoms with Gasteiger partial charge in [0, 0.05) is 13.5 Å². The van der Waals surface area contributed by atoms with Crippen LogP contribution in [0, 0.1) is 6.92 Å². The second-order valence-corrected chi connectivity index (χ2v) is 4.56. The Morgan fingerprint density at radius 1 is 1.60 bits per heavy atom. The molecule has 0 saturated heterocycles. The summed E-state index contributed by atoms with van der Waals surface area (Å²) in [7, 11) is 1.92. The van der Waals surface area contributed by atoms with Crippen molar-refractivity contribution in [2.45, 2.75) is 31.2 Å². The first-order valence-corrected chi connectivity index (χ1v) is 5.93. The van der Waals surface area contributed by atoms with Crippen molar-refractivity contribution in [1.82, 2.24) is 9.78 Å². The number of carbonyl (C=O) groups is 1. The lowest BCUT2D eigenvalue weighted by atomic mass is 10.3. The molecule has 0 bridgehead atoms. The summed E-state index contributed by atoms with van der Waals surface area (Å²) in [6.07, 6.45) is 1.95. The van der Waals surface area contributed by atoms with Gasteiger partial charge in [-0.25, -0.2) is 0 Å². The lowest BCUT2D eigenvalue weighted by Crippen LogP contribution is -1.95. The molecule has 0 aromatic carbocycles. The second-order valence-electron chi connectivity index (χ2n) is 3.45. The van der Waals surface area contributed by atoms with Gasteiger partial charge in [0.2, 0.25) is 0 Å². The zero-order chi connectivity index (χ0) is 11.3. The number of rotatable bonds is 6. The average Bonchev–Trinajstić information content (AvgIpc) is 2.44. The quantitative estimate of drug-likeness (QED) is 0.598. The van der Waals surface area contributed by atoms with E-state index in [0.29, 0.717) is 0 Å². The van der Waals surface area contributed by atoms with E-state index in [4.69, 9.17) is 5.11 Å². The molecule has 0 saturated carbocycles. The van der Waals surface area contributed by atoms with E-state index in [1.54, 1.807) is 11.8 Å². The number of unbranched alkanes of at least 4 members (excludes halogenated alkanes) is 1. The molecule has 0 spiro atoms. The number of aromatic nitrogens is 2. The summed E-state index contributed by atoms with van der Waals surface area (Å²) in [5.74, 6) is 0.239. The Bertz CT molecular complexity index is 336. The van der Waals surface area contributed by atoms with Crippen LogP contribution in [0.1, 0.15) is 25.0 Å². The van der Waals surface area contributed by atoms with Crippen molar-refractivity contribution in [2.75, 3.05) is 5.75 Å². The van der Waals surface area contributed by atoms with Crippen LogP contribution in [0.3, 0.4) is 0 Å². The molecule has 0 aliphatic rings. The van der Waals surface area contributed by atoms with Gasteiger partial charge in [-0.1, -0.05) is 0 Å². The summed E-state index contributed by atoms with van der Waals surface area (Å²) in [5, 5.41) is 13.8. The lowest BCUT2D eigenvalue weighted by molar-refractivity contribution is -0.137. The first-order chi connectivity index (χ1) is 7.09. The molecule has 0 amide bonds. The molecule has 0 aliphatic heterocycles. The molecule has 0 unspecified atom stereocenters. The summed E-state index contributed by atoms with van der Waals surface area (Å²) in [5.41, 5.74) is 1.02. The predicted molar refractivity (Wildman–Crippen MR) is 60.2 cm³/mol. The van der Waals surface area contributed by atoms with Crippen LogP contribution in [-0.2, 0) is 11.8 Å². The number of carboxylic acids is 1. The summed E-state index contributed by atoms with van der Waals surface area (Å²) in [4.78, 5) is 10.3. The minimum absolute atomic E-state index is 0.269. The summed E-state index contributed by atoms with van der Waals surface area (Å²) >= 11 is 1.73. The molecule has 15 heavy (non-hydrogen) atoms. The SMILES string of the molecule is Cc1cc(SCCCCC(=O)O)n(C)n1. The first kappa shape index (κ1) is 12.1. The van der Waals surface area contributed by atoms with Crippen molar-refractivity contribution < 1.29 is 9.90 Å². The van der Waals surface area contributed by atoms with Crippen LogP contribution in [0.2, 0.25) is 0 Å². The molecule has 0 radical (unpaired) electrons. The predicted octanol–water partition coefficient (Wildman–Crippen LogP) is 2.08. The van der Waals surface area contributed by atoms with E-state index in [2.05, 4.69) is 5.10 Å². The highest BCUT2D eigenvalue weighted by molar-refractivity contribution is 7.99. The van der Waals surface area contributed by atoms with E-state index < -0.39 is 5.97 Å². The summed E-state index contributed by atoms with van der Waals surface area (Å²) in [6, 6.07) is 2.04. The fourth-order valence-electron chi connectivity index (χ4n) is 1.28. The highest BCUT2D eigenvalue weighted by Gasteiger charge is 2.02. The van der Waals surface area contributed by atoms with Crippen molar-refractivity contribution in [3.8, 4) is 0 Å². The zero-order valence-corrected chi connectivity index (χ0v) is 9.88. The molecule has 4 nitrogen and oxygen atoms in total. The van der Waals surface area contributed by atoms with E-state index >= 15 is 0 Å². The van der Waals surface area contributed by atoms with Gasteiger partial charge in [-0.3, -0.25) is 9.48 Å². The van der Waals surface area contributed by atoms with Crippen LogP contribution >= 0.6 is 11.8 Å². The smallest absolute Gasteiger partial charge is 0.303 e. The van der Waals surface area contributed by atoms with Gasteiger partial charge in [-0.2, -0.15) is 5.10 Å². The van der Waals surface area contributed by atoms with Gasteiger partial charge in [0.1, 0.15) is 0 Å². The van der Waals surface area contributed by atoms with E-state index in [1.165, 1.54) is 0 Å². The Morgan fingerprint density at radius 2 is 2.33 bits per heavy atom. The molecule has 1 heterocycles. The molecule has 0 aliphatic carbocycles. The minimum atomic E-state index is -0.712. The third kappa shape index (κ3) is 4.38. The number of hydrogen-bond acceptors (Lipinski definition) is 3. The minimum Gasteiger partial charge on any atom is -0.481 e. The molecular weight excluding hydrogens is 212 g/mol. The van der Waals surface area contributed by atoms with Crippen LogP contribution in [0.5, 0.6) is 0 Å². The number of aliphatic carboxylic acids is 1. The molecule has 5 heteroatoms. The Labute approximate surface area is 93.7 Å². The van der Waals surface area contributed by atoms with Crippen LogP contribution in [-0.4, -0.2) is 26.6 Å². The van der Waals surface area contributed by atoms with Crippen molar-refractivity contribution in [1.29, 1.82) is 0 Å². The number of hydrogen-bond donors (Lipinski definition) is 1. The van der Waals surface area contributed by atoms with Gasteiger partial charge in [0.25, 0.3) is 0 Å². The van der Waals surface area contributed by atoms with Gasteiger partial charge in [0.05, 0.1) is 10.7 Å². The van der Waals surface area contributed by atoms with Gasteiger partial charge in [-0.05, 0) is 31.6 Å². The number of nitrogens with zero attached hydrogens (tertiary/aromatic N) is 2. The Balaban J connectivity index is 2.20. The van der Waals surface area contributed by atoms with E-state index in [-0.39, 0.29) is 6.42 Å². The van der Waals surface area contributed by atoms with Crippen molar-refractivity contribution in [3.05, 3.63) is 11.8 Å². The zero-order valence-electron chi connectivity index (χ0n) is 9.06. The van der Waals surface area contributed by atoms with E-state index in [0.717, 1.165) is 29.3 Å². The van der Waals surface area contributed by atoms with Gasteiger partial charge in [0.15, 0.2) is 0 Å². The van der Waals surface area contributed by atoms with E-state index in [9.17, 15) is 4.79 Å². The Hall–Kier alpha value is -0.970. The number of thioether (sulfide) groups is 1. The third-order valence-electron chi connectivity index (χ3n) is 1.99. The molecule has 84 valence electrons. The summed E-state index contributed by atoms with van der Waals surface area (Å²) < 4.78 is 1.86. The molecule has 0 fully saturated rings. The molecule has 1 aromatic heterocycles. The van der Waals surface area contributed by atoms with Gasteiger partial charge >= 0.3 is 5.97 Å². The standard InChI is InChI=1S/C10H16N2O2S/c1-8-7-9(12(2)11-8)15-6-4-3-5-10(13)14/h7H,3-6H2,1-2H3,(H,13,14). The fourth-order valence-corrected chi connectivity index (χ4v) is 2.32. The summed E-state index contributed by atoms with van der Waals surface area (Å²) in [6.45, 7) is 1.97. The molecular formula is C10H16N2O2S. The fraction of sp³-hybridized carbons (Fsp3) is 0.600. The maximum absolute atomic E-state index is 10.3. The second kappa shape index (κ2) is 5.80. The topological polar surface area (TPSA) is 55.1 Å². The normalized spacial score (nSPS) is 10.5. The molecule has 1 N–H and O–H groups in total. The highest BCUT2D eigenvalue weighted by atomic mass is 32.2. The monoisotopic (exact) mass is 228 g/mol. The Kier molecular flexibility index (Phi) is 4.68. The number of aryl methyl sites for hydroxylation is 2. The maximum atomic E-state index is 10.3. The third-order valence-corrected chi connectivity index (χ3v) is 3.16. The molecule has 0 atom stereocenters. The Morgan fingerprint density at radius 3 is 2.87 bits per heavy atom. The number of carboxylic acid groups (broad SMARTS) is 1. The average molecular weight is 228 g/mol. The van der Waals surface area contributed by atoms with Gasteiger partial charge < -0.3 is 5.11 Å². The van der Waals surface area contributed by atoms with Crippen LogP contribution < -0.4 is 0 Å². The van der Waals surface area contributed by atoms with Crippen LogP contribution in [0.4, 0.5) is 0 Å². The van der Waals surface area contributed by atoms with Crippen molar-refractivity contribution >= 4 is 17.7 Å². The van der Waals surface area contributed by atoms with Crippen LogP contribution in [0.25, 0.3) is 0 Å². The largest absolute Gasteiger partial charge is 0.481 e. The van der Waals surface area contributed by atoms with Crippen LogP contribution in [0.15, 0.2) is 11.1 Å². The molecule has 1 rings (SSSR count).